The van der Waals surface area contributed by atoms with E-state index in [1.807, 2.05) is 24.3 Å². The lowest BCUT2D eigenvalue weighted by atomic mass is 9.92. The van der Waals surface area contributed by atoms with Crippen LogP contribution in [-0.4, -0.2) is 26.3 Å². The van der Waals surface area contributed by atoms with Crippen LogP contribution in [-0.2, 0) is 15.0 Å². The van der Waals surface area contributed by atoms with E-state index in [1.54, 1.807) is 7.11 Å². The van der Waals surface area contributed by atoms with Crippen LogP contribution in [0.25, 0.3) is 0 Å². The summed E-state index contributed by atoms with van der Waals surface area (Å²) in [5.74, 6) is 0. The van der Waals surface area contributed by atoms with E-state index in [9.17, 15) is 0 Å². The van der Waals surface area contributed by atoms with Crippen molar-refractivity contribution in [1.82, 2.24) is 0 Å². The van der Waals surface area contributed by atoms with E-state index in [1.165, 1.54) is 0 Å². The molecule has 0 saturated carbocycles. The molecule has 86 valence electrons. The van der Waals surface area contributed by atoms with Crippen LogP contribution in [0.2, 0.25) is 5.02 Å². The number of ether oxygens (including phenoxy) is 2. The molecule has 2 N–H and O–H groups in total. The summed E-state index contributed by atoms with van der Waals surface area (Å²) in [6, 6.07) is 7.68. The molecular formula is C11H13ClN2O2. The van der Waals surface area contributed by atoms with E-state index in [0.717, 1.165) is 5.56 Å². The fourth-order valence-corrected chi connectivity index (χ4v) is 2.15. The molecule has 1 heterocycles. The third-order valence-electron chi connectivity index (χ3n) is 2.54. The third kappa shape index (κ3) is 1.86. The standard InChI is InChI=1S/C11H13ClN2O2/c1-15-6-11(7-16-10(13)14-11)8-4-2-3-5-9(8)12/h2-5H,6-7H2,1H3,(H2,13,14). The quantitative estimate of drug-likeness (QED) is 0.872. The number of methoxy groups -OCH3 is 1. The lowest BCUT2D eigenvalue weighted by Gasteiger charge is -2.24. The number of halogens is 1. The molecule has 0 bridgehead atoms. The van der Waals surface area contributed by atoms with Gasteiger partial charge in [0, 0.05) is 17.7 Å². The number of rotatable bonds is 3. The monoisotopic (exact) mass is 240 g/mol. The van der Waals surface area contributed by atoms with Crippen molar-refractivity contribution in [2.24, 2.45) is 10.7 Å². The molecule has 1 aromatic rings. The molecule has 0 aromatic heterocycles. The number of nitrogens with two attached hydrogens (primary N) is 1. The summed E-state index contributed by atoms with van der Waals surface area (Å²) in [5, 5.41) is 0.640. The van der Waals surface area contributed by atoms with E-state index >= 15 is 0 Å². The highest BCUT2D eigenvalue weighted by molar-refractivity contribution is 6.31. The molecule has 0 amide bonds. The van der Waals surface area contributed by atoms with E-state index in [0.29, 0.717) is 18.2 Å². The van der Waals surface area contributed by atoms with Gasteiger partial charge in [0.05, 0.1) is 6.61 Å². The molecular weight excluding hydrogens is 228 g/mol. The molecule has 1 aliphatic rings. The molecule has 1 unspecified atom stereocenters. The maximum atomic E-state index is 6.16. The van der Waals surface area contributed by atoms with Gasteiger partial charge in [0.2, 0.25) is 0 Å². The molecule has 4 nitrogen and oxygen atoms in total. The minimum atomic E-state index is -0.614. The van der Waals surface area contributed by atoms with Gasteiger partial charge >= 0.3 is 0 Å². The van der Waals surface area contributed by atoms with Gasteiger partial charge in [-0.1, -0.05) is 29.8 Å². The van der Waals surface area contributed by atoms with Gasteiger partial charge in [-0.15, -0.1) is 0 Å². The fraction of sp³-hybridized carbons (Fsp3) is 0.364. The molecule has 0 radical (unpaired) electrons. The summed E-state index contributed by atoms with van der Waals surface area (Å²) in [6.07, 6.45) is 0. The van der Waals surface area contributed by atoms with Gasteiger partial charge in [-0.05, 0) is 6.07 Å². The lowest BCUT2D eigenvalue weighted by Crippen LogP contribution is -2.31. The number of nitrogens with zero attached hydrogens (tertiary/aromatic N) is 1. The Bertz CT molecular complexity index is 422. The van der Waals surface area contributed by atoms with Crippen LogP contribution < -0.4 is 5.73 Å². The number of hydrogen-bond donors (Lipinski definition) is 1. The van der Waals surface area contributed by atoms with Crippen molar-refractivity contribution in [2.75, 3.05) is 20.3 Å². The van der Waals surface area contributed by atoms with Gasteiger partial charge in [-0.2, -0.15) is 0 Å². The first-order valence-corrected chi connectivity index (χ1v) is 5.28. The van der Waals surface area contributed by atoms with E-state index < -0.39 is 5.54 Å². The summed E-state index contributed by atoms with van der Waals surface area (Å²) in [7, 11) is 1.61. The largest absolute Gasteiger partial charge is 0.462 e. The second-order valence-corrected chi connectivity index (χ2v) is 4.09. The van der Waals surface area contributed by atoms with E-state index in [4.69, 9.17) is 26.8 Å². The average molecular weight is 241 g/mol. The molecule has 0 spiro atoms. The zero-order chi connectivity index (χ0) is 11.6. The highest BCUT2D eigenvalue weighted by Crippen LogP contribution is 2.35. The molecule has 16 heavy (non-hydrogen) atoms. The molecule has 1 aliphatic heterocycles. The third-order valence-corrected chi connectivity index (χ3v) is 2.87. The Kier molecular flexibility index (Phi) is 3.03. The van der Waals surface area contributed by atoms with Crippen LogP contribution in [0.3, 0.4) is 0 Å². The summed E-state index contributed by atoms with van der Waals surface area (Å²) in [4.78, 5) is 4.30. The first-order valence-electron chi connectivity index (χ1n) is 4.90. The summed E-state index contributed by atoms with van der Waals surface area (Å²) in [6.45, 7) is 0.744. The van der Waals surface area contributed by atoms with Gasteiger partial charge in [0.1, 0.15) is 12.1 Å². The van der Waals surface area contributed by atoms with Crippen molar-refractivity contribution >= 4 is 17.6 Å². The zero-order valence-corrected chi connectivity index (χ0v) is 9.70. The Balaban J connectivity index is 2.45. The Morgan fingerprint density at radius 3 is 2.88 bits per heavy atom. The Hall–Kier alpha value is -1.26. The second-order valence-electron chi connectivity index (χ2n) is 3.68. The molecule has 1 aromatic carbocycles. The van der Waals surface area contributed by atoms with Crippen molar-refractivity contribution in [3.8, 4) is 0 Å². The normalized spacial score (nSPS) is 24.0. The average Bonchev–Trinajstić information content (AvgIpc) is 2.62. The predicted molar refractivity (Wildman–Crippen MR) is 62.6 cm³/mol. The highest BCUT2D eigenvalue weighted by Gasteiger charge is 2.39. The van der Waals surface area contributed by atoms with Crippen molar-refractivity contribution in [3.63, 3.8) is 0 Å². The van der Waals surface area contributed by atoms with Crippen LogP contribution in [0.5, 0.6) is 0 Å². The Morgan fingerprint density at radius 2 is 2.31 bits per heavy atom. The van der Waals surface area contributed by atoms with Crippen LogP contribution in [0.4, 0.5) is 0 Å². The maximum Gasteiger partial charge on any atom is 0.283 e. The van der Waals surface area contributed by atoms with Gasteiger partial charge in [-0.3, -0.25) is 0 Å². The number of benzene rings is 1. The predicted octanol–water partition coefficient (Wildman–Crippen LogP) is 1.53. The molecule has 0 aliphatic carbocycles. The molecule has 2 rings (SSSR count). The summed E-state index contributed by atoms with van der Waals surface area (Å²) in [5.41, 5.74) is 5.82. The fourth-order valence-electron chi connectivity index (χ4n) is 1.84. The SMILES string of the molecule is COCC1(c2ccccc2Cl)COC(N)=N1. The van der Waals surface area contributed by atoms with Crippen LogP contribution >= 0.6 is 11.6 Å². The maximum absolute atomic E-state index is 6.16. The number of hydrogen-bond acceptors (Lipinski definition) is 4. The Morgan fingerprint density at radius 1 is 1.56 bits per heavy atom. The lowest BCUT2D eigenvalue weighted by molar-refractivity contribution is 0.111. The van der Waals surface area contributed by atoms with Crippen LogP contribution in [0.15, 0.2) is 29.3 Å². The van der Waals surface area contributed by atoms with E-state index in [-0.39, 0.29) is 6.02 Å². The Labute approximate surface area is 99.0 Å². The van der Waals surface area contributed by atoms with Gasteiger partial charge in [-0.25, -0.2) is 4.99 Å². The minimum absolute atomic E-state index is 0.178. The van der Waals surface area contributed by atoms with Crippen LogP contribution in [0.1, 0.15) is 5.56 Å². The first kappa shape index (κ1) is 11.2. The highest BCUT2D eigenvalue weighted by atomic mass is 35.5. The second kappa shape index (κ2) is 4.31. The van der Waals surface area contributed by atoms with Gasteiger partial charge in [0.15, 0.2) is 0 Å². The molecule has 1 atom stereocenters. The summed E-state index contributed by atoms with van der Waals surface area (Å²) >= 11 is 6.16. The van der Waals surface area contributed by atoms with Crippen molar-refractivity contribution < 1.29 is 9.47 Å². The van der Waals surface area contributed by atoms with Crippen molar-refractivity contribution in [2.45, 2.75) is 5.54 Å². The minimum Gasteiger partial charge on any atom is -0.462 e. The number of aliphatic imine (C=N–C) groups is 1. The van der Waals surface area contributed by atoms with Crippen molar-refractivity contribution in [1.29, 1.82) is 0 Å². The molecule has 0 fully saturated rings. The van der Waals surface area contributed by atoms with Crippen molar-refractivity contribution in [3.05, 3.63) is 34.9 Å². The van der Waals surface area contributed by atoms with E-state index in [2.05, 4.69) is 4.99 Å². The zero-order valence-electron chi connectivity index (χ0n) is 8.94. The topological polar surface area (TPSA) is 56.8 Å². The number of amidine groups is 1. The van der Waals surface area contributed by atoms with Gasteiger partial charge in [0.25, 0.3) is 6.02 Å². The summed E-state index contributed by atoms with van der Waals surface area (Å²) < 4.78 is 10.4. The first-order chi connectivity index (χ1) is 7.68. The van der Waals surface area contributed by atoms with Crippen LogP contribution in [0, 0.1) is 0 Å². The smallest absolute Gasteiger partial charge is 0.283 e. The molecule has 5 heteroatoms. The molecule has 0 saturated heterocycles. The van der Waals surface area contributed by atoms with Gasteiger partial charge < -0.3 is 15.2 Å².